The van der Waals surface area contributed by atoms with Crippen molar-refractivity contribution in [2.45, 2.75) is 6.42 Å². The van der Waals surface area contributed by atoms with Crippen LogP contribution >= 0.6 is 11.3 Å². The van der Waals surface area contributed by atoms with E-state index in [-0.39, 0.29) is 5.97 Å². The summed E-state index contributed by atoms with van der Waals surface area (Å²) in [6.07, 6.45) is 2.21. The quantitative estimate of drug-likeness (QED) is 0.806. The second-order valence-electron chi connectivity index (χ2n) is 2.99. The molecular weight excluding hydrogens is 212 g/mol. The normalized spacial score (nSPS) is 10.2. The first-order chi connectivity index (χ1) is 7.29. The van der Waals surface area contributed by atoms with E-state index in [1.54, 1.807) is 11.3 Å². The highest BCUT2D eigenvalue weighted by atomic mass is 32.1. The molecule has 5 heteroatoms. The number of ether oxygens (including phenoxy) is 1. The fraction of sp³-hybridized carbons (Fsp3) is 0.200. The number of rotatable bonds is 3. The maximum atomic E-state index is 11.1. The Morgan fingerprint density at radius 3 is 3.20 bits per heavy atom. The van der Waals surface area contributed by atoms with E-state index in [2.05, 4.69) is 14.7 Å². The summed E-state index contributed by atoms with van der Waals surface area (Å²) in [5.41, 5.74) is 0.393. The van der Waals surface area contributed by atoms with Crippen LogP contribution < -0.4 is 0 Å². The highest BCUT2D eigenvalue weighted by molar-refractivity contribution is 7.09. The zero-order valence-corrected chi connectivity index (χ0v) is 9.00. The van der Waals surface area contributed by atoms with Gasteiger partial charge in [0, 0.05) is 11.3 Å². The highest BCUT2D eigenvalue weighted by Crippen LogP contribution is 2.12. The molecule has 15 heavy (non-hydrogen) atoms. The Kier molecular flexibility index (Phi) is 2.82. The van der Waals surface area contributed by atoms with Crippen molar-refractivity contribution in [2.24, 2.45) is 0 Å². The molecular formula is C10H10N2O2S. The molecule has 2 aromatic rings. The fourth-order valence-corrected chi connectivity index (χ4v) is 1.95. The van der Waals surface area contributed by atoms with Crippen LogP contribution in [0.25, 0.3) is 0 Å². The molecule has 2 heterocycles. The molecule has 0 radical (unpaired) electrons. The summed E-state index contributed by atoms with van der Waals surface area (Å²) in [6.45, 7) is 0. The van der Waals surface area contributed by atoms with E-state index in [1.165, 1.54) is 18.2 Å². The van der Waals surface area contributed by atoms with Gasteiger partial charge in [0.15, 0.2) is 0 Å². The average molecular weight is 222 g/mol. The van der Waals surface area contributed by atoms with Crippen molar-refractivity contribution in [1.29, 1.82) is 0 Å². The lowest BCUT2D eigenvalue weighted by molar-refractivity contribution is 0.0594. The Morgan fingerprint density at radius 2 is 2.53 bits per heavy atom. The number of thiophene rings is 1. The molecule has 0 saturated carbocycles. The number of methoxy groups -OCH3 is 1. The zero-order valence-electron chi connectivity index (χ0n) is 8.19. The van der Waals surface area contributed by atoms with Gasteiger partial charge in [-0.2, -0.15) is 0 Å². The van der Waals surface area contributed by atoms with Crippen LogP contribution in [0.15, 0.2) is 23.7 Å². The van der Waals surface area contributed by atoms with Gasteiger partial charge in [-0.25, -0.2) is 9.78 Å². The lowest BCUT2D eigenvalue weighted by Crippen LogP contribution is -2.01. The number of carbonyl (C=O) groups is 1. The van der Waals surface area contributed by atoms with Crippen LogP contribution in [0.1, 0.15) is 21.2 Å². The predicted molar refractivity (Wildman–Crippen MR) is 57.1 cm³/mol. The van der Waals surface area contributed by atoms with Crippen molar-refractivity contribution in [1.82, 2.24) is 9.97 Å². The molecule has 0 saturated heterocycles. The Hall–Kier alpha value is -1.62. The number of hydrogen-bond acceptors (Lipinski definition) is 4. The van der Waals surface area contributed by atoms with Gasteiger partial charge in [-0.1, -0.05) is 6.07 Å². The number of aromatic amines is 1. The van der Waals surface area contributed by atoms with E-state index in [9.17, 15) is 4.79 Å². The van der Waals surface area contributed by atoms with Crippen LogP contribution in [-0.4, -0.2) is 23.0 Å². The van der Waals surface area contributed by atoms with Crippen LogP contribution in [0.2, 0.25) is 0 Å². The lowest BCUT2D eigenvalue weighted by atomic mass is 10.3. The first-order valence-electron chi connectivity index (χ1n) is 4.44. The minimum Gasteiger partial charge on any atom is -0.464 e. The summed E-state index contributed by atoms with van der Waals surface area (Å²) in [6, 6.07) is 4.02. The smallest absolute Gasteiger partial charge is 0.356 e. The molecule has 2 rings (SSSR count). The second kappa shape index (κ2) is 4.27. The van der Waals surface area contributed by atoms with E-state index in [0.29, 0.717) is 12.1 Å². The lowest BCUT2D eigenvalue weighted by Gasteiger charge is -1.94. The van der Waals surface area contributed by atoms with Crippen molar-refractivity contribution >= 4 is 17.3 Å². The molecule has 0 aliphatic carbocycles. The average Bonchev–Trinajstić information content (AvgIpc) is 2.88. The van der Waals surface area contributed by atoms with Crippen molar-refractivity contribution in [3.05, 3.63) is 40.1 Å². The van der Waals surface area contributed by atoms with Crippen LogP contribution in [-0.2, 0) is 11.2 Å². The van der Waals surface area contributed by atoms with Crippen molar-refractivity contribution < 1.29 is 9.53 Å². The van der Waals surface area contributed by atoms with E-state index in [4.69, 9.17) is 0 Å². The molecule has 0 bridgehead atoms. The summed E-state index contributed by atoms with van der Waals surface area (Å²) in [5.74, 6) is 0.387. The second-order valence-corrected chi connectivity index (χ2v) is 4.02. The molecule has 0 unspecified atom stereocenters. The highest BCUT2D eigenvalue weighted by Gasteiger charge is 2.09. The third-order valence-corrected chi connectivity index (χ3v) is 2.83. The molecule has 0 aromatic carbocycles. The largest absolute Gasteiger partial charge is 0.464 e. The Morgan fingerprint density at radius 1 is 1.67 bits per heavy atom. The van der Waals surface area contributed by atoms with Crippen LogP contribution in [0, 0.1) is 0 Å². The van der Waals surface area contributed by atoms with Gasteiger partial charge in [0.1, 0.15) is 11.5 Å². The molecule has 0 fully saturated rings. The van der Waals surface area contributed by atoms with Gasteiger partial charge in [-0.05, 0) is 11.4 Å². The molecule has 0 atom stereocenters. The van der Waals surface area contributed by atoms with Gasteiger partial charge in [-0.3, -0.25) is 0 Å². The Balaban J connectivity index is 2.11. The van der Waals surface area contributed by atoms with Gasteiger partial charge in [0.2, 0.25) is 0 Å². The standard InChI is InChI=1S/C10H10N2O2S/c1-14-10(13)8-6-11-9(12-8)5-7-3-2-4-15-7/h2-4,6H,5H2,1H3,(H,11,12). The monoisotopic (exact) mass is 222 g/mol. The number of hydrogen-bond donors (Lipinski definition) is 1. The van der Waals surface area contributed by atoms with E-state index in [1.807, 2.05) is 17.5 Å². The Bertz CT molecular complexity index is 448. The molecule has 0 aliphatic heterocycles. The van der Waals surface area contributed by atoms with Crippen molar-refractivity contribution in [2.75, 3.05) is 7.11 Å². The van der Waals surface area contributed by atoms with Crippen LogP contribution in [0.5, 0.6) is 0 Å². The van der Waals surface area contributed by atoms with E-state index < -0.39 is 0 Å². The third-order valence-electron chi connectivity index (χ3n) is 1.96. The maximum Gasteiger partial charge on any atom is 0.356 e. The molecule has 1 N–H and O–H groups in total. The predicted octanol–water partition coefficient (Wildman–Crippen LogP) is 1.85. The summed E-state index contributed by atoms with van der Waals surface area (Å²) in [5, 5.41) is 2.01. The molecule has 4 nitrogen and oxygen atoms in total. The van der Waals surface area contributed by atoms with Crippen molar-refractivity contribution in [3.8, 4) is 0 Å². The minimum absolute atomic E-state index is 0.389. The van der Waals surface area contributed by atoms with Crippen LogP contribution in [0.4, 0.5) is 0 Å². The first kappa shape index (κ1) is 9.92. The summed E-state index contributed by atoms with van der Waals surface area (Å²) in [7, 11) is 1.35. The summed E-state index contributed by atoms with van der Waals surface area (Å²) >= 11 is 1.66. The fourth-order valence-electron chi connectivity index (χ4n) is 1.24. The van der Waals surface area contributed by atoms with Gasteiger partial charge in [0.05, 0.1) is 13.3 Å². The SMILES string of the molecule is COC(=O)c1cnc(Cc2cccs2)[nH]1. The number of aromatic nitrogens is 2. The number of carbonyl (C=O) groups excluding carboxylic acids is 1. The van der Waals surface area contributed by atoms with Gasteiger partial charge in [-0.15, -0.1) is 11.3 Å². The minimum atomic E-state index is -0.389. The van der Waals surface area contributed by atoms with Gasteiger partial charge < -0.3 is 9.72 Å². The Labute approximate surface area is 90.9 Å². The van der Waals surface area contributed by atoms with E-state index in [0.717, 1.165) is 5.82 Å². The maximum absolute atomic E-state index is 11.1. The van der Waals surface area contributed by atoms with Gasteiger partial charge in [0.25, 0.3) is 0 Å². The van der Waals surface area contributed by atoms with Gasteiger partial charge >= 0.3 is 5.97 Å². The summed E-state index contributed by atoms with van der Waals surface area (Å²) < 4.78 is 4.58. The molecule has 0 amide bonds. The number of nitrogens with zero attached hydrogens (tertiary/aromatic N) is 1. The molecule has 0 spiro atoms. The molecule has 2 aromatic heterocycles. The van der Waals surface area contributed by atoms with Crippen molar-refractivity contribution in [3.63, 3.8) is 0 Å². The number of nitrogens with one attached hydrogen (secondary N) is 1. The number of esters is 1. The topological polar surface area (TPSA) is 55.0 Å². The zero-order chi connectivity index (χ0) is 10.7. The van der Waals surface area contributed by atoms with E-state index >= 15 is 0 Å². The third kappa shape index (κ3) is 2.24. The van der Waals surface area contributed by atoms with Crippen LogP contribution in [0.3, 0.4) is 0 Å². The molecule has 78 valence electrons. The number of H-pyrrole nitrogens is 1. The summed E-state index contributed by atoms with van der Waals surface area (Å²) in [4.78, 5) is 19.4. The number of imidazole rings is 1. The molecule has 0 aliphatic rings. The first-order valence-corrected chi connectivity index (χ1v) is 5.32.